The molecular weight excluding hydrogens is 486 g/mol. The van der Waals surface area contributed by atoms with Crippen LogP contribution in [0, 0.1) is 6.92 Å². The Balaban J connectivity index is 1.33. The summed E-state index contributed by atoms with van der Waals surface area (Å²) in [6, 6.07) is 8.36. The largest absolute Gasteiger partial charge is 0.495 e. The number of nitrogens with zero attached hydrogens (tertiary/aromatic N) is 1. The Morgan fingerprint density at radius 1 is 1.06 bits per heavy atom. The van der Waals surface area contributed by atoms with Crippen LogP contribution in [0.2, 0.25) is 0 Å². The minimum atomic E-state index is -3.72. The topological polar surface area (TPSA) is 107 Å². The zero-order valence-corrected chi connectivity index (χ0v) is 21.8. The van der Waals surface area contributed by atoms with Gasteiger partial charge in [-0.05, 0) is 86.8 Å². The van der Waals surface area contributed by atoms with Gasteiger partial charge in [0.1, 0.15) is 22.3 Å². The van der Waals surface area contributed by atoms with E-state index in [1.165, 1.54) is 7.11 Å². The van der Waals surface area contributed by atoms with E-state index in [1.54, 1.807) is 30.5 Å². The van der Waals surface area contributed by atoms with Gasteiger partial charge in [0.05, 0.1) is 7.11 Å². The summed E-state index contributed by atoms with van der Waals surface area (Å²) < 4.78 is 40.1. The number of hydrogen-bond donors (Lipinski definition) is 2. The molecule has 1 aromatic heterocycles. The molecule has 35 heavy (non-hydrogen) atoms. The number of hydrogen-bond acceptors (Lipinski definition) is 7. The maximum Gasteiger partial charge on any atom is 0.256 e. The van der Waals surface area contributed by atoms with E-state index in [1.807, 2.05) is 24.8 Å². The lowest BCUT2D eigenvalue weighted by atomic mass is 9.91. The molecule has 1 aromatic carbocycles. The highest BCUT2D eigenvalue weighted by molar-refractivity contribution is 7.99. The molecule has 0 bridgehead atoms. The summed E-state index contributed by atoms with van der Waals surface area (Å²) in [5, 5.41) is 3.09. The van der Waals surface area contributed by atoms with Crippen LogP contribution in [0.5, 0.6) is 11.6 Å². The van der Waals surface area contributed by atoms with E-state index in [9.17, 15) is 13.2 Å². The molecule has 1 aliphatic heterocycles. The molecule has 1 saturated heterocycles. The third-order valence-electron chi connectivity index (χ3n) is 6.46. The number of rotatable bonds is 8. The van der Waals surface area contributed by atoms with Gasteiger partial charge in [-0.15, -0.1) is 0 Å². The maximum absolute atomic E-state index is 13.0. The van der Waals surface area contributed by atoms with Gasteiger partial charge in [0.25, 0.3) is 5.91 Å². The summed E-state index contributed by atoms with van der Waals surface area (Å²) in [5.74, 6) is 2.62. The van der Waals surface area contributed by atoms with Gasteiger partial charge in [0.15, 0.2) is 0 Å². The van der Waals surface area contributed by atoms with Crippen LogP contribution in [0.1, 0.15) is 54.4 Å². The van der Waals surface area contributed by atoms with Crippen LogP contribution in [-0.2, 0) is 10.0 Å². The van der Waals surface area contributed by atoms with Crippen molar-refractivity contribution in [1.82, 2.24) is 15.0 Å². The number of benzene rings is 1. The van der Waals surface area contributed by atoms with Crippen molar-refractivity contribution in [2.45, 2.75) is 68.5 Å². The number of carbonyl (C=O) groups is 1. The zero-order chi connectivity index (χ0) is 24.8. The summed E-state index contributed by atoms with van der Waals surface area (Å²) in [6.07, 6.45) is 6.27. The highest BCUT2D eigenvalue weighted by Gasteiger charge is 2.29. The second-order valence-electron chi connectivity index (χ2n) is 9.08. The van der Waals surface area contributed by atoms with Crippen molar-refractivity contribution < 1.29 is 22.7 Å². The van der Waals surface area contributed by atoms with Crippen LogP contribution >= 0.6 is 11.8 Å². The van der Waals surface area contributed by atoms with E-state index in [0.29, 0.717) is 42.9 Å². The summed E-state index contributed by atoms with van der Waals surface area (Å²) in [7, 11) is -2.25. The van der Waals surface area contributed by atoms with Crippen LogP contribution in [0.3, 0.4) is 0 Å². The number of aryl methyl sites for hydroxylation is 1. The molecule has 2 heterocycles. The Morgan fingerprint density at radius 2 is 1.77 bits per heavy atom. The molecule has 1 aliphatic carbocycles. The number of sulfonamides is 1. The normalized spacial score (nSPS) is 21.3. The second-order valence-corrected chi connectivity index (χ2v) is 12.0. The van der Waals surface area contributed by atoms with Crippen molar-refractivity contribution in [1.29, 1.82) is 0 Å². The Kier molecular flexibility index (Phi) is 8.56. The first kappa shape index (κ1) is 25.8. The lowest BCUT2D eigenvalue weighted by Gasteiger charge is -2.30. The van der Waals surface area contributed by atoms with E-state index >= 15 is 0 Å². The summed E-state index contributed by atoms with van der Waals surface area (Å²) >= 11 is 1.92. The van der Waals surface area contributed by atoms with Crippen molar-refractivity contribution in [3.05, 3.63) is 47.7 Å². The standard InChI is InChI=1S/C25H33N3O5S2/c1-17-5-10-22(32-2)23(16-17)35(30,31)28-19-8-6-18(7-9-19)27-24(29)21-4-3-13-26-25(21)33-20-11-14-34-15-12-20/h3-5,10,13,16,18-20,28H,6-9,11-12,14-15H2,1-2H3,(H,27,29)/t18-,19+. The lowest BCUT2D eigenvalue weighted by Crippen LogP contribution is -2.44. The maximum atomic E-state index is 13.0. The molecule has 1 amide bonds. The van der Waals surface area contributed by atoms with Crippen molar-refractivity contribution in [3.63, 3.8) is 0 Å². The molecule has 1 saturated carbocycles. The van der Waals surface area contributed by atoms with Crippen molar-refractivity contribution in [3.8, 4) is 11.6 Å². The van der Waals surface area contributed by atoms with E-state index < -0.39 is 10.0 Å². The number of thioether (sulfide) groups is 1. The molecule has 0 radical (unpaired) electrons. The fourth-order valence-corrected chi connectivity index (χ4v) is 7.13. The predicted molar refractivity (Wildman–Crippen MR) is 137 cm³/mol. The molecular formula is C25H33N3O5S2. The lowest BCUT2D eigenvalue weighted by molar-refractivity contribution is 0.0915. The molecule has 4 rings (SSSR count). The average Bonchev–Trinajstić information content (AvgIpc) is 2.86. The molecule has 0 spiro atoms. The van der Waals surface area contributed by atoms with Gasteiger partial charge >= 0.3 is 0 Å². The van der Waals surface area contributed by atoms with E-state index in [-0.39, 0.29) is 29.0 Å². The first-order valence-electron chi connectivity index (χ1n) is 12.0. The first-order valence-corrected chi connectivity index (χ1v) is 14.7. The third kappa shape index (κ3) is 6.68. The average molecular weight is 520 g/mol. The second kappa shape index (κ2) is 11.6. The van der Waals surface area contributed by atoms with Gasteiger partial charge in [-0.1, -0.05) is 6.07 Å². The minimum Gasteiger partial charge on any atom is -0.495 e. The van der Waals surface area contributed by atoms with Gasteiger partial charge in [-0.25, -0.2) is 18.1 Å². The zero-order valence-electron chi connectivity index (χ0n) is 20.2. The third-order valence-corrected chi connectivity index (χ3v) is 9.05. The Morgan fingerprint density at radius 3 is 2.49 bits per heavy atom. The molecule has 10 heteroatoms. The number of ether oxygens (including phenoxy) is 2. The number of methoxy groups -OCH3 is 1. The molecule has 2 N–H and O–H groups in total. The van der Waals surface area contributed by atoms with Crippen LogP contribution in [-0.4, -0.2) is 56.1 Å². The monoisotopic (exact) mass is 519 g/mol. The van der Waals surface area contributed by atoms with Crippen molar-refractivity contribution >= 4 is 27.7 Å². The Hall–Kier alpha value is -2.30. The van der Waals surface area contributed by atoms with E-state index in [2.05, 4.69) is 15.0 Å². The summed E-state index contributed by atoms with van der Waals surface area (Å²) in [4.78, 5) is 17.5. The minimum absolute atomic E-state index is 0.0316. The highest BCUT2D eigenvalue weighted by atomic mass is 32.2. The number of pyridine rings is 1. The fourth-order valence-electron chi connectivity index (χ4n) is 4.50. The SMILES string of the molecule is COc1ccc(C)cc1S(=O)(=O)N[C@H]1CC[C@@H](NC(=O)c2cccnc2OC2CCSCC2)CC1. The van der Waals surface area contributed by atoms with Gasteiger partial charge in [0.2, 0.25) is 15.9 Å². The molecule has 2 aromatic rings. The number of nitrogens with one attached hydrogen (secondary N) is 2. The molecule has 190 valence electrons. The summed E-state index contributed by atoms with van der Waals surface area (Å²) in [6.45, 7) is 1.85. The van der Waals surface area contributed by atoms with Gasteiger partial charge in [-0.3, -0.25) is 4.79 Å². The quantitative estimate of drug-likeness (QED) is 0.548. The summed E-state index contributed by atoms with van der Waals surface area (Å²) in [5.41, 5.74) is 1.29. The fraction of sp³-hybridized carbons (Fsp3) is 0.520. The number of carbonyl (C=O) groups excluding carboxylic acids is 1. The smallest absolute Gasteiger partial charge is 0.256 e. The molecule has 8 nitrogen and oxygen atoms in total. The van der Waals surface area contributed by atoms with E-state index in [4.69, 9.17) is 9.47 Å². The van der Waals surface area contributed by atoms with Crippen molar-refractivity contribution in [2.75, 3.05) is 18.6 Å². The van der Waals surface area contributed by atoms with Crippen LogP contribution < -0.4 is 19.5 Å². The van der Waals surface area contributed by atoms with E-state index in [0.717, 1.165) is 29.9 Å². The van der Waals surface area contributed by atoms with Crippen LogP contribution in [0.4, 0.5) is 0 Å². The molecule has 0 atom stereocenters. The number of aromatic nitrogens is 1. The Bertz CT molecular complexity index is 1130. The molecule has 0 unspecified atom stereocenters. The number of amides is 1. The van der Waals surface area contributed by atoms with Gasteiger partial charge in [-0.2, -0.15) is 11.8 Å². The Labute approximate surface area is 211 Å². The highest BCUT2D eigenvalue weighted by Crippen LogP contribution is 2.28. The predicted octanol–water partition coefficient (Wildman–Crippen LogP) is 3.69. The molecule has 2 fully saturated rings. The molecule has 2 aliphatic rings. The van der Waals surface area contributed by atoms with Crippen LogP contribution in [0.15, 0.2) is 41.4 Å². The van der Waals surface area contributed by atoms with Gasteiger partial charge in [0, 0.05) is 18.3 Å². The van der Waals surface area contributed by atoms with Crippen LogP contribution in [0.25, 0.3) is 0 Å². The first-order chi connectivity index (χ1) is 16.9. The van der Waals surface area contributed by atoms with Gasteiger partial charge < -0.3 is 14.8 Å². The van der Waals surface area contributed by atoms with Crippen molar-refractivity contribution in [2.24, 2.45) is 0 Å².